The Bertz CT molecular complexity index is 976. The summed E-state index contributed by atoms with van der Waals surface area (Å²) < 4.78 is 30.8. The Morgan fingerprint density at radius 2 is 2.19 bits per heavy atom. The molecule has 0 saturated heterocycles. The average molecular weight is 363 g/mol. The van der Waals surface area contributed by atoms with Crippen LogP contribution in [0.3, 0.4) is 0 Å². The van der Waals surface area contributed by atoms with Gasteiger partial charge in [0.15, 0.2) is 5.65 Å². The number of carbonyl (C=O) groups is 1. The van der Waals surface area contributed by atoms with Crippen LogP contribution in [0.4, 0.5) is 20.2 Å². The van der Waals surface area contributed by atoms with E-state index in [0.29, 0.717) is 5.65 Å². The molecule has 1 amide bonds. The molecule has 0 atom stereocenters. The van der Waals surface area contributed by atoms with Crippen molar-refractivity contribution in [3.8, 4) is 5.75 Å². The summed E-state index contributed by atoms with van der Waals surface area (Å²) in [5.74, 6) is -0.771. The largest absolute Gasteiger partial charge is 0.487 e. The van der Waals surface area contributed by atoms with E-state index in [1.165, 1.54) is 23.0 Å². The van der Waals surface area contributed by atoms with Crippen molar-refractivity contribution in [2.45, 2.75) is 6.43 Å². The van der Waals surface area contributed by atoms with Crippen LogP contribution in [-0.4, -0.2) is 38.5 Å². The summed E-state index contributed by atoms with van der Waals surface area (Å²) >= 11 is 0. The number of benzene rings is 1. The summed E-state index contributed by atoms with van der Waals surface area (Å²) in [5.41, 5.74) is 0.0468. The molecule has 0 aliphatic carbocycles. The number of hydrogen-bond donors (Lipinski definition) is 1. The maximum Gasteiger partial charge on any atom is 0.275 e. The van der Waals surface area contributed by atoms with E-state index in [9.17, 15) is 23.7 Å². The van der Waals surface area contributed by atoms with E-state index >= 15 is 0 Å². The van der Waals surface area contributed by atoms with Crippen molar-refractivity contribution in [1.29, 1.82) is 0 Å². The first-order valence-corrected chi connectivity index (χ1v) is 7.24. The Balaban J connectivity index is 1.88. The van der Waals surface area contributed by atoms with Gasteiger partial charge in [-0.25, -0.2) is 18.3 Å². The van der Waals surface area contributed by atoms with Crippen LogP contribution in [0, 0.1) is 10.1 Å². The lowest BCUT2D eigenvalue weighted by Crippen LogP contribution is -2.13. The molecule has 9 nitrogen and oxygen atoms in total. The number of aromatic nitrogens is 3. The molecule has 0 aliphatic heterocycles. The second-order valence-corrected chi connectivity index (χ2v) is 5.08. The van der Waals surface area contributed by atoms with Crippen LogP contribution in [0.25, 0.3) is 5.65 Å². The third-order valence-corrected chi connectivity index (χ3v) is 3.26. The lowest BCUT2D eigenvalue weighted by atomic mass is 10.2. The highest BCUT2D eigenvalue weighted by Crippen LogP contribution is 2.27. The standard InChI is InChI=1S/C15H11F2N5O4/c16-13(17)8-26-11-5-9(4-10(6-11)22(24)25)20-15(23)12-7-19-21-3-1-2-18-14(12)21/h1-7,13H,8H2,(H,20,23). The number of nitrogens with one attached hydrogen (secondary N) is 1. The molecule has 0 unspecified atom stereocenters. The Morgan fingerprint density at radius 3 is 2.92 bits per heavy atom. The number of nitrogens with zero attached hydrogens (tertiary/aromatic N) is 4. The lowest BCUT2D eigenvalue weighted by molar-refractivity contribution is -0.384. The van der Waals surface area contributed by atoms with E-state index < -0.39 is 29.6 Å². The summed E-state index contributed by atoms with van der Waals surface area (Å²) in [6, 6.07) is 4.93. The van der Waals surface area contributed by atoms with Crippen LogP contribution in [0.2, 0.25) is 0 Å². The molecule has 3 rings (SSSR count). The third-order valence-electron chi connectivity index (χ3n) is 3.26. The molecule has 0 saturated carbocycles. The van der Waals surface area contributed by atoms with Gasteiger partial charge in [-0.2, -0.15) is 5.10 Å². The fourth-order valence-electron chi connectivity index (χ4n) is 2.19. The van der Waals surface area contributed by atoms with Gasteiger partial charge in [-0.3, -0.25) is 14.9 Å². The highest BCUT2D eigenvalue weighted by molar-refractivity contribution is 6.08. The minimum Gasteiger partial charge on any atom is -0.487 e. The van der Waals surface area contributed by atoms with Crippen molar-refractivity contribution in [3.63, 3.8) is 0 Å². The van der Waals surface area contributed by atoms with Crippen molar-refractivity contribution in [2.75, 3.05) is 11.9 Å². The van der Waals surface area contributed by atoms with Crippen LogP contribution in [0.1, 0.15) is 10.4 Å². The Hall–Kier alpha value is -3.63. The number of fused-ring (bicyclic) bond motifs is 1. The number of anilines is 1. The fourth-order valence-corrected chi connectivity index (χ4v) is 2.19. The van der Waals surface area contributed by atoms with Crippen molar-refractivity contribution in [1.82, 2.24) is 14.6 Å². The van der Waals surface area contributed by atoms with Gasteiger partial charge >= 0.3 is 0 Å². The first-order valence-electron chi connectivity index (χ1n) is 7.24. The molecule has 2 heterocycles. The lowest BCUT2D eigenvalue weighted by Gasteiger charge is -2.09. The van der Waals surface area contributed by atoms with Gasteiger partial charge in [-0.15, -0.1) is 0 Å². The summed E-state index contributed by atoms with van der Waals surface area (Å²) in [7, 11) is 0. The summed E-state index contributed by atoms with van der Waals surface area (Å²) in [5, 5.41) is 17.4. The summed E-state index contributed by atoms with van der Waals surface area (Å²) in [6.07, 6.45) is 1.64. The minimum absolute atomic E-state index is 0.0174. The van der Waals surface area contributed by atoms with Crippen molar-refractivity contribution >= 4 is 22.9 Å². The molecule has 0 aliphatic rings. The maximum absolute atomic E-state index is 12.4. The van der Waals surface area contributed by atoms with Gasteiger partial charge in [0.05, 0.1) is 22.9 Å². The number of alkyl halides is 2. The second-order valence-electron chi connectivity index (χ2n) is 5.08. The van der Waals surface area contributed by atoms with E-state index in [1.54, 1.807) is 12.3 Å². The third kappa shape index (κ3) is 3.71. The monoisotopic (exact) mass is 363 g/mol. The number of halogens is 2. The second kappa shape index (κ2) is 7.09. The molecule has 2 aromatic heterocycles. The van der Waals surface area contributed by atoms with Crippen LogP contribution >= 0.6 is 0 Å². The van der Waals surface area contributed by atoms with Gasteiger partial charge in [-0.05, 0) is 6.07 Å². The number of non-ortho nitro benzene ring substituents is 1. The van der Waals surface area contributed by atoms with E-state index in [0.717, 1.165) is 12.1 Å². The molecule has 0 fully saturated rings. The number of hydrogen-bond acceptors (Lipinski definition) is 6. The van der Waals surface area contributed by atoms with Gasteiger partial charge in [0, 0.05) is 24.5 Å². The van der Waals surface area contributed by atoms with Crippen LogP contribution in [0.5, 0.6) is 5.75 Å². The van der Waals surface area contributed by atoms with Gasteiger partial charge in [0.25, 0.3) is 18.0 Å². The number of carbonyl (C=O) groups excluding carboxylic acids is 1. The fraction of sp³-hybridized carbons (Fsp3) is 0.133. The first-order chi connectivity index (χ1) is 12.4. The SMILES string of the molecule is O=C(Nc1cc(OCC(F)F)cc([N+](=O)[O-])c1)c1cnn2cccnc12. The molecule has 0 radical (unpaired) electrons. The van der Waals surface area contributed by atoms with E-state index in [2.05, 4.69) is 15.4 Å². The zero-order chi connectivity index (χ0) is 18.7. The van der Waals surface area contributed by atoms with Crippen molar-refractivity contribution in [3.05, 3.63) is 58.5 Å². The summed E-state index contributed by atoms with van der Waals surface area (Å²) in [6.45, 7) is -0.924. The topological polar surface area (TPSA) is 112 Å². The molecule has 0 bridgehead atoms. The zero-order valence-corrected chi connectivity index (χ0v) is 13.0. The predicted molar refractivity (Wildman–Crippen MR) is 85.5 cm³/mol. The van der Waals surface area contributed by atoms with Gasteiger partial charge in [-0.1, -0.05) is 0 Å². The Kier molecular flexibility index (Phi) is 4.69. The van der Waals surface area contributed by atoms with E-state index in [4.69, 9.17) is 4.74 Å². The number of nitro groups is 1. The highest BCUT2D eigenvalue weighted by Gasteiger charge is 2.17. The Morgan fingerprint density at radius 1 is 1.38 bits per heavy atom. The molecular formula is C15H11F2N5O4. The number of rotatable bonds is 6. The summed E-state index contributed by atoms with van der Waals surface area (Å²) in [4.78, 5) is 26.7. The van der Waals surface area contributed by atoms with E-state index in [-0.39, 0.29) is 17.0 Å². The first kappa shape index (κ1) is 17.2. The van der Waals surface area contributed by atoms with Crippen LogP contribution in [0.15, 0.2) is 42.9 Å². The Labute approximate surface area is 144 Å². The molecule has 11 heteroatoms. The minimum atomic E-state index is -2.74. The van der Waals surface area contributed by atoms with Crippen molar-refractivity contribution < 1.29 is 23.2 Å². The van der Waals surface area contributed by atoms with Crippen LogP contribution in [-0.2, 0) is 0 Å². The molecule has 1 aromatic carbocycles. The van der Waals surface area contributed by atoms with Gasteiger partial charge in [0.1, 0.15) is 17.9 Å². The maximum atomic E-state index is 12.4. The van der Waals surface area contributed by atoms with Gasteiger partial charge in [0.2, 0.25) is 0 Å². The molecule has 134 valence electrons. The van der Waals surface area contributed by atoms with Gasteiger partial charge < -0.3 is 10.1 Å². The molecule has 3 aromatic rings. The van der Waals surface area contributed by atoms with Crippen molar-refractivity contribution in [2.24, 2.45) is 0 Å². The molecular weight excluding hydrogens is 352 g/mol. The average Bonchev–Trinajstić information content (AvgIpc) is 3.04. The molecule has 0 spiro atoms. The number of nitro benzene ring substituents is 1. The predicted octanol–water partition coefficient (Wildman–Crippen LogP) is 2.53. The number of amides is 1. The zero-order valence-electron chi connectivity index (χ0n) is 13.0. The molecule has 26 heavy (non-hydrogen) atoms. The van der Waals surface area contributed by atoms with Crippen LogP contribution < -0.4 is 10.1 Å². The smallest absolute Gasteiger partial charge is 0.275 e. The van der Waals surface area contributed by atoms with E-state index in [1.807, 2.05) is 0 Å². The highest BCUT2D eigenvalue weighted by atomic mass is 19.3. The molecule has 1 N–H and O–H groups in total. The number of ether oxygens (including phenoxy) is 1. The normalized spacial score (nSPS) is 10.9. The quantitative estimate of drug-likeness (QED) is 0.532.